The number of halogens is 1. The fourth-order valence-corrected chi connectivity index (χ4v) is 3.04. The first-order valence-corrected chi connectivity index (χ1v) is 7.09. The summed E-state index contributed by atoms with van der Waals surface area (Å²) in [5.41, 5.74) is 1.34. The Morgan fingerprint density at radius 1 is 1.39 bits per heavy atom. The van der Waals surface area contributed by atoms with Crippen molar-refractivity contribution in [3.8, 4) is 0 Å². The van der Waals surface area contributed by atoms with Crippen LogP contribution in [0.15, 0.2) is 22.7 Å². The Balaban J connectivity index is 2.35. The summed E-state index contributed by atoms with van der Waals surface area (Å²) in [7, 11) is 0. The second-order valence-corrected chi connectivity index (χ2v) is 5.97. The van der Waals surface area contributed by atoms with Crippen LogP contribution in [0.1, 0.15) is 37.0 Å². The van der Waals surface area contributed by atoms with Crippen LogP contribution in [0.5, 0.6) is 0 Å². The van der Waals surface area contributed by atoms with Crippen LogP contribution in [0.2, 0.25) is 0 Å². The lowest BCUT2D eigenvalue weighted by Gasteiger charge is -2.39. The van der Waals surface area contributed by atoms with Gasteiger partial charge in [0.1, 0.15) is 0 Å². The average Bonchev–Trinajstić information content (AvgIpc) is 2.31. The molecule has 0 radical (unpaired) electrons. The molecule has 2 unspecified atom stereocenters. The molecular formula is C14H18BrNO2. The van der Waals surface area contributed by atoms with E-state index in [9.17, 15) is 4.79 Å². The Morgan fingerprint density at radius 2 is 2.11 bits per heavy atom. The summed E-state index contributed by atoms with van der Waals surface area (Å²) in [5.74, 6) is -0.235. The summed E-state index contributed by atoms with van der Waals surface area (Å²) in [4.78, 5) is 13.4. The number of carboxylic acid groups (broad SMARTS) is 1. The third kappa shape index (κ3) is 2.69. The van der Waals surface area contributed by atoms with E-state index in [1.807, 2.05) is 6.07 Å². The van der Waals surface area contributed by atoms with Gasteiger partial charge in [-0.15, -0.1) is 0 Å². The minimum absolute atomic E-state index is 0.338. The second kappa shape index (κ2) is 5.31. The molecule has 1 aliphatic rings. The first-order chi connectivity index (χ1) is 8.49. The number of piperidine rings is 1. The number of hydrogen-bond donors (Lipinski definition) is 1. The van der Waals surface area contributed by atoms with Gasteiger partial charge in [-0.3, -0.25) is 0 Å². The molecule has 0 saturated carbocycles. The summed E-state index contributed by atoms with van der Waals surface area (Å²) in [5, 5.41) is 9.11. The summed E-state index contributed by atoms with van der Waals surface area (Å²) < 4.78 is 0.822. The molecule has 98 valence electrons. The number of anilines is 1. The van der Waals surface area contributed by atoms with Gasteiger partial charge in [-0.05, 0) is 43.9 Å². The maximum atomic E-state index is 11.1. The van der Waals surface area contributed by atoms with Crippen molar-refractivity contribution >= 4 is 27.6 Å². The fourth-order valence-electron chi connectivity index (χ4n) is 2.56. The average molecular weight is 312 g/mol. The molecule has 2 rings (SSSR count). The van der Waals surface area contributed by atoms with E-state index >= 15 is 0 Å². The van der Waals surface area contributed by atoms with Crippen molar-refractivity contribution in [1.82, 2.24) is 0 Å². The Morgan fingerprint density at radius 3 is 2.78 bits per heavy atom. The van der Waals surface area contributed by atoms with Crippen LogP contribution < -0.4 is 4.90 Å². The van der Waals surface area contributed by atoms with Gasteiger partial charge in [-0.25, -0.2) is 4.79 Å². The molecule has 2 atom stereocenters. The molecule has 0 bridgehead atoms. The van der Waals surface area contributed by atoms with Crippen molar-refractivity contribution in [2.45, 2.75) is 32.7 Å². The number of benzene rings is 1. The van der Waals surface area contributed by atoms with Gasteiger partial charge in [0.05, 0.1) is 5.56 Å². The molecule has 0 aliphatic carbocycles. The summed E-state index contributed by atoms with van der Waals surface area (Å²) in [6, 6.07) is 5.86. The molecule has 1 aromatic carbocycles. The molecule has 0 spiro atoms. The number of carboxylic acids is 1. The summed E-state index contributed by atoms with van der Waals surface area (Å²) in [6.45, 7) is 5.47. The maximum Gasteiger partial charge on any atom is 0.335 e. The first kappa shape index (κ1) is 13.4. The van der Waals surface area contributed by atoms with Gasteiger partial charge in [0, 0.05) is 22.7 Å². The Kier molecular flexibility index (Phi) is 3.95. The van der Waals surface area contributed by atoms with Crippen molar-refractivity contribution in [1.29, 1.82) is 0 Å². The number of nitrogens with zero attached hydrogens (tertiary/aromatic N) is 1. The van der Waals surface area contributed by atoms with Gasteiger partial charge in [-0.1, -0.05) is 22.9 Å². The first-order valence-electron chi connectivity index (χ1n) is 6.29. The molecular weight excluding hydrogens is 294 g/mol. The zero-order chi connectivity index (χ0) is 13.3. The molecule has 1 heterocycles. The highest BCUT2D eigenvalue weighted by Crippen LogP contribution is 2.31. The van der Waals surface area contributed by atoms with Gasteiger partial charge < -0.3 is 10.0 Å². The highest BCUT2D eigenvalue weighted by molar-refractivity contribution is 9.10. The molecule has 1 N–H and O–H groups in total. The van der Waals surface area contributed by atoms with Gasteiger partial charge in [0.2, 0.25) is 0 Å². The predicted octanol–water partition coefficient (Wildman–Crippen LogP) is 3.77. The van der Waals surface area contributed by atoms with Crippen LogP contribution in [-0.2, 0) is 0 Å². The van der Waals surface area contributed by atoms with Gasteiger partial charge in [-0.2, -0.15) is 0 Å². The molecule has 1 aromatic rings. The lowest BCUT2D eigenvalue weighted by molar-refractivity contribution is 0.0697. The third-order valence-corrected chi connectivity index (χ3v) is 4.29. The molecule has 3 nitrogen and oxygen atoms in total. The Hall–Kier alpha value is -1.03. The summed E-state index contributed by atoms with van der Waals surface area (Å²) >= 11 is 3.39. The fraction of sp³-hybridized carbons (Fsp3) is 0.500. The van der Waals surface area contributed by atoms with Gasteiger partial charge in [0.15, 0.2) is 0 Å². The standard InChI is InChI=1S/C14H18BrNO2/c1-9-4-3-5-16(10(9)2)13-7-11(14(17)18)6-12(15)8-13/h6-10H,3-5H2,1-2H3,(H,17,18). The van der Waals surface area contributed by atoms with E-state index in [-0.39, 0.29) is 0 Å². The van der Waals surface area contributed by atoms with E-state index in [1.165, 1.54) is 12.8 Å². The predicted molar refractivity (Wildman–Crippen MR) is 76.3 cm³/mol. The van der Waals surface area contributed by atoms with E-state index in [0.29, 0.717) is 17.5 Å². The minimum Gasteiger partial charge on any atom is -0.478 e. The topological polar surface area (TPSA) is 40.5 Å². The number of carbonyl (C=O) groups is 1. The Bertz CT molecular complexity index is 461. The zero-order valence-corrected chi connectivity index (χ0v) is 12.3. The van der Waals surface area contributed by atoms with Gasteiger partial charge >= 0.3 is 5.97 Å². The van der Waals surface area contributed by atoms with Crippen molar-refractivity contribution in [3.63, 3.8) is 0 Å². The summed E-state index contributed by atoms with van der Waals surface area (Å²) in [6.07, 6.45) is 2.41. The number of hydrogen-bond acceptors (Lipinski definition) is 2. The smallest absolute Gasteiger partial charge is 0.335 e. The molecule has 0 amide bonds. The van der Waals surface area contributed by atoms with E-state index in [0.717, 1.165) is 16.7 Å². The van der Waals surface area contributed by atoms with Crippen LogP contribution in [0, 0.1) is 5.92 Å². The monoisotopic (exact) mass is 311 g/mol. The van der Waals surface area contributed by atoms with Crippen molar-refractivity contribution in [2.75, 3.05) is 11.4 Å². The highest BCUT2D eigenvalue weighted by atomic mass is 79.9. The van der Waals surface area contributed by atoms with E-state index in [2.05, 4.69) is 34.7 Å². The maximum absolute atomic E-state index is 11.1. The van der Waals surface area contributed by atoms with Crippen molar-refractivity contribution in [2.24, 2.45) is 5.92 Å². The minimum atomic E-state index is -0.879. The van der Waals surface area contributed by atoms with Crippen molar-refractivity contribution in [3.05, 3.63) is 28.2 Å². The van der Waals surface area contributed by atoms with Crippen LogP contribution in [0.4, 0.5) is 5.69 Å². The van der Waals surface area contributed by atoms with Gasteiger partial charge in [0.25, 0.3) is 0 Å². The van der Waals surface area contributed by atoms with Crippen LogP contribution >= 0.6 is 15.9 Å². The molecule has 0 aromatic heterocycles. The molecule has 1 saturated heterocycles. The number of rotatable bonds is 2. The lowest BCUT2D eigenvalue weighted by atomic mass is 9.91. The van der Waals surface area contributed by atoms with E-state index in [4.69, 9.17) is 5.11 Å². The lowest BCUT2D eigenvalue weighted by Crippen LogP contribution is -2.42. The van der Waals surface area contributed by atoms with E-state index in [1.54, 1.807) is 12.1 Å². The van der Waals surface area contributed by atoms with E-state index < -0.39 is 5.97 Å². The largest absolute Gasteiger partial charge is 0.478 e. The molecule has 18 heavy (non-hydrogen) atoms. The van der Waals surface area contributed by atoms with Crippen molar-refractivity contribution < 1.29 is 9.90 Å². The molecule has 1 fully saturated rings. The second-order valence-electron chi connectivity index (χ2n) is 5.06. The Labute approximate surface area is 116 Å². The highest BCUT2D eigenvalue weighted by Gasteiger charge is 2.25. The van der Waals surface area contributed by atoms with Crippen LogP contribution in [0.25, 0.3) is 0 Å². The molecule has 1 aliphatic heterocycles. The van der Waals surface area contributed by atoms with Crippen LogP contribution in [0.3, 0.4) is 0 Å². The number of aromatic carboxylic acids is 1. The SMILES string of the molecule is CC1CCCN(c2cc(Br)cc(C(=O)O)c2)C1C. The van der Waals surface area contributed by atoms with Crippen LogP contribution in [-0.4, -0.2) is 23.7 Å². The molecule has 4 heteroatoms. The zero-order valence-electron chi connectivity index (χ0n) is 10.7. The third-order valence-electron chi connectivity index (χ3n) is 3.83. The quantitative estimate of drug-likeness (QED) is 0.903. The normalized spacial score (nSPS) is 24.1.